The van der Waals surface area contributed by atoms with E-state index in [4.69, 9.17) is 16.7 Å². The summed E-state index contributed by atoms with van der Waals surface area (Å²) in [5, 5.41) is 8.27. The number of rotatable bonds is 5. The van der Waals surface area contributed by atoms with Crippen molar-refractivity contribution in [2.45, 2.75) is 31.7 Å². The number of nitrogens with one attached hydrogen (secondary N) is 1. The van der Waals surface area contributed by atoms with Gasteiger partial charge in [0.2, 0.25) is 10.0 Å². The van der Waals surface area contributed by atoms with Gasteiger partial charge in [-0.1, -0.05) is 25.4 Å². The summed E-state index contributed by atoms with van der Waals surface area (Å²) in [7, 11) is -4.01. The lowest BCUT2D eigenvalue weighted by molar-refractivity contribution is 0.0696. The van der Waals surface area contributed by atoms with Gasteiger partial charge in [-0.2, -0.15) is 0 Å². The molecule has 1 atom stereocenters. The Bertz CT molecular complexity index is 631. The molecule has 0 fully saturated rings. The first-order valence-corrected chi connectivity index (χ1v) is 7.67. The molecule has 1 rings (SSSR count). The van der Waals surface area contributed by atoms with Crippen molar-refractivity contribution in [1.82, 2.24) is 4.72 Å². The fourth-order valence-electron chi connectivity index (χ4n) is 1.32. The second-order valence-electron chi connectivity index (χ2n) is 4.73. The van der Waals surface area contributed by atoms with Crippen molar-refractivity contribution in [3.05, 3.63) is 28.5 Å². The first-order chi connectivity index (χ1) is 9.06. The molecule has 0 spiro atoms. The highest BCUT2D eigenvalue weighted by Gasteiger charge is 2.24. The topological polar surface area (TPSA) is 83.5 Å². The molecule has 0 aliphatic carbocycles. The van der Waals surface area contributed by atoms with Crippen molar-refractivity contribution >= 4 is 27.6 Å². The van der Waals surface area contributed by atoms with E-state index in [1.165, 1.54) is 0 Å². The normalized spacial score (nSPS) is 13.5. The molecule has 2 N–H and O–H groups in total. The third-order valence-corrected chi connectivity index (χ3v) is 4.81. The van der Waals surface area contributed by atoms with Gasteiger partial charge in [-0.15, -0.1) is 0 Å². The van der Waals surface area contributed by atoms with E-state index in [2.05, 4.69) is 4.72 Å². The number of aromatic carboxylic acids is 1. The molecule has 112 valence electrons. The van der Waals surface area contributed by atoms with Gasteiger partial charge in [0, 0.05) is 6.04 Å². The van der Waals surface area contributed by atoms with E-state index in [9.17, 15) is 17.6 Å². The molecule has 0 aliphatic rings. The number of carboxylic acids is 1. The molecular formula is C12H15ClFNO4S. The van der Waals surface area contributed by atoms with E-state index in [1.807, 2.05) is 13.8 Å². The average molecular weight is 324 g/mol. The van der Waals surface area contributed by atoms with Gasteiger partial charge in [-0.25, -0.2) is 22.3 Å². The maximum Gasteiger partial charge on any atom is 0.337 e. The number of carbonyl (C=O) groups is 1. The Hall–Kier alpha value is -1.18. The summed E-state index contributed by atoms with van der Waals surface area (Å²) < 4.78 is 40.0. The molecule has 8 heteroatoms. The lowest BCUT2D eigenvalue weighted by Crippen LogP contribution is -2.36. The summed E-state index contributed by atoms with van der Waals surface area (Å²) in [5.74, 6) is -2.56. The Labute approximate surface area is 121 Å². The number of sulfonamides is 1. The molecule has 1 aromatic carbocycles. The maximum absolute atomic E-state index is 13.5. The van der Waals surface area contributed by atoms with Crippen molar-refractivity contribution in [1.29, 1.82) is 0 Å². The lowest BCUT2D eigenvalue weighted by Gasteiger charge is -2.18. The molecule has 0 amide bonds. The summed E-state index contributed by atoms with van der Waals surface area (Å²) in [6.45, 7) is 5.29. The first kappa shape index (κ1) is 16.9. The quantitative estimate of drug-likeness (QED) is 0.872. The van der Waals surface area contributed by atoms with Crippen LogP contribution in [0.4, 0.5) is 4.39 Å². The lowest BCUT2D eigenvalue weighted by atomic mass is 10.1. The van der Waals surface area contributed by atoms with Gasteiger partial charge in [-0.05, 0) is 25.0 Å². The zero-order chi connectivity index (χ0) is 15.7. The standard InChI is InChI=1S/C12H15ClFNO4S/c1-6(2)7(3)15-20(18,19)8-4-9(12(16)17)11(13)10(14)5-8/h4-7,15H,1-3H3,(H,16,17). The van der Waals surface area contributed by atoms with Crippen LogP contribution in [0.2, 0.25) is 5.02 Å². The van der Waals surface area contributed by atoms with Crippen LogP contribution in [0.25, 0.3) is 0 Å². The second kappa shape index (κ2) is 6.07. The molecule has 0 saturated heterocycles. The summed E-state index contributed by atoms with van der Waals surface area (Å²) in [5.41, 5.74) is -0.593. The predicted molar refractivity (Wildman–Crippen MR) is 73.0 cm³/mol. The zero-order valence-corrected chi connectivity index (χ0v) is 12.7. The van der Waals surface area contributed by atoms with E-state index < -0.39 is 37.3 Å². The van der Waals surface area contributed by atoms with Crippen molar-refractivity contribution in [2.75, 3.05) is 0 Å². The molecule has 0 aromatic heterocycles. The fourth-order valence-corrected chi connectivity index (χ4v) is 2.94. The van der Waals surface area contributed by atoms with Crippen LogP contribution in [-0.4, -0.2) is 25.5 Å². The molecule has 1 aromatic rings. The van der Waals surface area contributed by atoms with E-state index in [0.29, 0.717) is 6.07 Å². The highest BCUT2D eigenvalue weighted by Crippen LogP contribution is 2.24. The Morgan fingerprint density at radius 2 is 1.90 bits per heavy atom. The van der Waals surface area contributed by atoms with Crippen LogP contribution in [-0.2, 0) is 10.0 Å². The Morgan fingerprint density at radius 3 is 2.35 bits per heavy atom. The molecule has 0 saturated carbocycles. The SMILES string of the molecule is CC(C)C(C)NS(=O)(=O)c1cc(F)c(Cl)c(C(=O)O)c1. The number of benzene rings is 1. The fraction of sp³-hybridized carbons (Fsp3) is 0.417. The van der Waals surface area contributed by atoms with Gasteiger partial charge in [0.1, 0.15) is 5.82 Å². The highest BCUT2D eigenvalue weighted by atomic mass is 35.5. The Morgan fingerprint density at radius 1 is 1.35 bits per heavy atom. The van der Waals surface area contributed by atoms with Gasteiger partial charge >= 0.3 is 5.97 Å². The molecular weight excluding hydrogens is 309 g/mol. The Kier molecular flexibility index (Phi) is 5.12. The van der Waals surface area contributed by atoms with E-state index in [-0.39, 0.29) is 12.0 Å². The smallest absolute Gasteiger partial charge is 0.337 e. The summed E-state index contributed by atoms with van der Waals surface area (Å²) in [6, 6.07) is 1.15. The molecule has 1 unspecified atom stereocenters. The van der Waals surface area contributed by atoms with Crippen LogP contribution in [0.3, 0.4) is 0 Å². The molecule has 0 bridgehead atoms. The Balaban J connectivity index is 3.30. The number of hydrogen-bond acceptors (Lipinski definition) is 3. The van der Waals surface area contributed by atoms with Gasteiger partial charge in [0.25, 0.3) is 0 Å². The van der Waals surface area contributed by atoms with E-state index in [1.54, 1.807) is 6.92 Å². The van der Waals surface area contributed by atoms with Crippen molar-refractivity contribution in [3.63, 3.8) is 0 Å². The molecule has 5 nitrogen and oxygen atoms in total. The van der Waals surface area contributed by atoms with Gasteiger partial charge in [0.15, 0.2) is 0 Å². The molecule has 0 aliphatic heterocycles. The van der Waals surface area contributed by atoms with Crippen LogP contribution in [0.15, 0.2) is 17.0 Å². The van der Waals surface area contributed by atoms with Crippen LogP contribution < -0.4 is 4.72 Å². The minimum Gasteiger partial charge on any atom is -0.478 e. The van der Waals surface area contributed by atoms with Crippen molar-refractivity contribution in [3.8, 4) is 0 Å². The first-order valence-electron chi connectivity index (χ1n) is 5.81. The van der Waals surface area contributed by atoms with Gasteiger partial charge in [0.05, 0.1) is 15.5 Å². The monoisotopic (exact) mass is 323 g/mol. The third kappa shape index (κ3) is 3.68. The second-order valence-corrected chi connectivity index (χ2v) is 6.82. The number of hydrogen-bond donors (Lipinski definition) is 2. The van der Waals surface area contributed by atoms with E-state index in [0.717, 1.165) is 6.07 Å². The van der Waals surface area contributed by atoms with Crippen molar-refractivity contribution < 1.29 is 22.7 Å². The van der Waals surface area contributed by atoms with Gasteiger partial charge < -0.3 is 5.11 Å². The average Bonchev–Trinajstić information content (AvgIpc) is 2.31. The van der Waals surface area contributed by atoms with Crippen LogP contribution >= 0.6 is 11.6 Å². The maximum atomic E-state index is 13.5. The zero-order valence-electron chi connectivity index (χ0n) is 11.1. The summed E-state index contributed by atoms with van der Waals surface area (Å²) in [4.78, 5) is 10.4. The van der Waals surface area contributed by atoms with Crippen LogP contribution in [0, 0.1) is 11.7 Å². The van der Waals surface area contributed by atoms with Crippen LogP contribution in [0.5, 0.6) is 0 Å². The third-order valence-electron chi connectivity index (χ3n) is 2.88. The highest BCUT2D eigenvalue weighted by molar-refractivity contribution is 7.89. The van der Waals surface area contributed by atoms with Gasteiger partial charge in [-0.3, -0.25) is 0 Å². The predicted octanol–water partition coefficient (Wildman–Crippen LogP) is 2.50. The summed E-state index contributed by atoms with van der Waals surface area (Å²) >= 11 is 5.50. The number of carboxylic acid groups (broad SMARTS) is 1. The van der Waals surface area contributed by atoms with Crippen molar-refractivity contribution in [2.24, 2.45) is 5.92 Å². The minimum atomic E-state index is -4.01. The molecule has 20 heavy (non-hydrogen) atoms. The minimum absolute atomic E-state index is 0.0286. The largest absolute Gasteiger partial charge is 0.478 e. The number of halogens is 2. The summed E-state index contributed by atoms with van der Waals surface area (Å²) in [6.07, 6.45) is 0. The van der Waals surface area contributed by atoms with Crippen LogP contribution in [0.1, 0.15) is 31.1 Å². The molecule has 0 radical (unpaired) electrons. The molecule has 0 heterocycles. The van der Waals surface area contributed by atoms with E-state index >= 15 is 0 Å².